The summed E-state index contributed by atoms with van der Waals surface area (Å²) in [5.74, 6) is 0. The van der Waals surface area contributed by atoms with Gasteiger partial charge < -0.3 is 9.84 Å². The summed E-state index contributed by atoms with van der Waals surface area (Å²) in [6.45, 7) is 9.29. The Morgan fingerprint density at radius 3 is 2.81 bits per heavy atom. The van der Waals surface area contributed by atoms with E-state index in [2.05, 4.69) is 25.7 Å². The molecule has 0 radical (unpaired) electrons. The Kier molecular flexibility index (Phi) is 6.32. The number of hydrogen-bond donors (Lipinski definition) is 1. The molecule has 1 rings (SSSR count). The molecule has 1 aliphatic heterocycles. The van der Waals surface area contributed by atoms with Crippen molar-refractivity contribution in [3.63, 3.8) is 0 Å². The average Bonchev–Trinajstić information content (AvgIpc) is 2.45. The van der Waals surface area contributed by atoms with E-state index in [0.717, 1.165) is 45.4 Å². The van der Waals surface area contributed by atoms with Crippen LogP contribution in [0.1, 0.15) is 46.5 Å². The van der Waals surface area contributed by atoms with Crippen molar-refractivity contribution in [1.82, 2.24) is 4.90 Å². The summed E-state index contributed by atoms with van der Waals surface area (Å²) in [7, 11) is 0. The van der Waals surface area contributed by atoms with Crippen LogP contribution < -0.4 is 0 Å². The summed E-state index contributed by atoms with van der Waals surface area (Å²) in [5, 5.41) is 10.2. The number of nitrogens with zero attached hydrogens (tertiary/aromatic N) is 1. The maximum atomic E-state index is 10.2. The van der Waals surface area contributed by atoms with Crippen LogP contribution in [-0.4, -0.2) is 48.0 Å². The molecule has 96 valence electrons. The summed E-state index contributed by atoms with van der Waals surface area (Å²) in [6, 6.07) is 0.309. The number of hydrogen-bond acceptors (Lipinski definition) is 3. The first-order valence-corrected chi connectivity index (χ1v) is 6.72. The molecule has 1 aliphatic rings. The summed E-state index contributed by atoms with van der Waals surface area (Å²) in [5.41, 5.74) is 0. The lowest BCUT2D eigenvalue weighted by Gasteiger charge is -2.34. The molecule has 3 unspecified atom stereocenters. The molecule has 0 aromatic heterocycles. The molecule has 1 N–H and O–H groups in total. The van der Waals surface area contributed by atoms with Crippen molar-refractivity contribution in [2.24, 2.45) is 0 Å². The van der Waals surface area contributed by atoms with Gasteiger partial charge >= 0.3 is 0 Å². The van der Waals surface area contributed by atoms with Crippen molar-refractivity contribution in [3.8, 4) is 0 Å². The second-order valence-corrected chi connectivity index (χ2v) is 4.86. The molecule has 0 aromatic carbocycles. The Balaban J connectivity index is 2.55. The lowest BCUT2D eigenvalue weighted by molar-refractivity contribution is 0.0196. The predicted octanol–water partition coefficient (Wildman–Crippen LogP) is 2.04. The molecule has 0 saturated carbocycles. The van der Waals surface area contributed by atoms with Gasteiger partial charge in [0.2, 0.25) is 0 Å². The van der Waals surface area contributed by atoms with E-state index in [-0.39, 0.29) is 6.10 Å². The van der Waals surface area contributed by atoms with E-state index in [1.54, 1.807) is 0 Å². The first kappa shape index (κ1) is 13.9. The second-order valence-electron chi connectivity index (χ2n) is 4.86. The molecule has 3 heteroatoms. The van der Waals surface area contributed by atoms with Gasteiger partial charge in [-0.3, -0.25) is 4.90 Å². The molecule has 0 amide bonds. The van der Waals surface area contributed by atoms with Crippen LogP contribution in [0.3, 0.4) is 0 Å². The highest BCUT2D eigenvalue weighted by atomic mass is 16.5. The van der Waals surface area contributed by atoms with E-state index < -0.39 is 0 Å². The van der Waals surface area contributed by atoms with E-state index in [1.165, 1.54) is 0 Å². The van der Waals surface area contributed by atoms with E-state index in [0.29, 0.717) is 12.1 Å². The Bertz CT molecular complexity index is 187. The fraction of sp³-hybridized carbons (Fsp3) is 1.00. The predicted molar refractivity (Wildman–Crippen MR) is 66.6 cm³/mol. The maximum Gasteiger partial charge on any atom is 0.0695 e. The summed E-state index contributed by atoms with van der Waals surface area (Å²) in [4.78, 5) is 2.41. The minimum atomic E-state index is -0.180. The van der Waals surface area contributed by atoms with Crippen LogP contribution in [0.25, 0.3) is 0 Å². The smallest absolute Gasteiger partial charge is 0.0695 e. The van der Waals surface area contributed by atoms with E-state index in [4.69, 9.17) is 4.74 Å². The zero-order valence-corrected chi connectivity index (χ0v) is 11.0. The molecule has 3 nitrogen and oxygen atoms in total. The molecule has 1 saturated heterocycles. The van der Waals surface area contributed by atoms with Gasteiger partial charge in [-0.15, -0.1) is 0 Å². The third-order valence-electron chi connectivity index (χ3n) is 3.40. The van der Waals surface area contributed by atoms with Crippen LogP contribution >= 0.6 is 0 Å². The van der Waals surface area contributed by atoms with Crippen LogP contribution in [0.5, 0.6) is 0 Å². The molecular formula is C13H27NO2. The number of aliphatic hydroxyl groups excluding tert-OH is 1. The van der Waals surface area contributed by atoms with Gasteiger partial charge in [0.05, 0.1) is 12.2 Å². The molecule has 0 aliphatic carbocycles. The molecule has 0 bridgehead atoms. The van der Waals surface area contributed by atoms with Gasteiger partial charge in [-0.1, -0.05) is 20.3 Å². The van der Waals surface area contributed by atoms with E-state index in [1.807, 2.05) is 0 Å². The Morgan fingerprint density at radius 1 is 1.44 bits per heavy atom. The topological polar surface area (TPSA) is 32.7 Å². The van der Waals surface area contributed by atoms with Crippen LogP contribution in [0.2, 0.25) is 0 Å². The maximum absolute atomic E-state index is 10.2. The van der Waals surface area contributed by atoms with Crippen molar-refractivity contribution in [2.75, 3.05) is 19.7 Å². The summed E-state index contributed by atoms with van der Waals surface area (Å²) in [6.07, 6.45) is 4.18. The minimum absolute atomic E-state index is 0.180. The highest BCUT2D eigenvalue weighted by Crippen LogP contribution is 2.17. The van der Waals surface area contributed by atoms with E-state index in [9.17, 15) is 5.11 Å². The lowest BCUT2D eigenvalue weighted by Crippen LogP contribution is -2.45. The minimum Gasteiger partial charge on any atom is -0.391 e. The van der Waals surface area contributed by atoms with Gasteiger partial charge in [0.25, 0.3) is 0 Å². The zero-order chi connectivity index (χ0) is 12.0. The normalized spacial score (nSPS) is 27.4. The monoisotopic (exact) mass is 229 g/mol. The van der Waals surface area contributed by atoms with Gasteiger partial charge in [0.1, 0.15) is 0 Å². The van der Waals surface area contributed by atoms with Crippen LogP contribution in [0.15, 0.2) is 0 Å². The molecule has 1 heterocycles. The first-order chi connectivity index (χ1) is 7.69. The fourth-order valence-electron chi connectivity index (χ4n) is 2.59. The molecule has 16 heavy (non-hydrogen) atoms. The van der Waals surface area contributed by atoms with Crippen molar-refractivity contribution in [2.45, 2.75) is 64.7 Å². The summed E-state index contributed by atoms with van der Waals surface area (Å²) < 4.78 is 5.64. The van der Waals surface area contributed by atoms with Crippen molar-refractivity contribution in [3.05, 3.63) is 0 Å². The van der Waals surface area contributed by atoms with Crippen LogP contribution in [0.4, 0.5) is 0 Å². The van der Waals surface area contributed by atoms with Gasteiger partial charge in [-0.2, -0.15) is 0 Å². The van der Waals surface area contributed by atoms with Crippen LogP contribution in [-0.2, 0) is 4.74 Å². The van der Waals surface area contributed by atoms with Crippen molar-refractivity contribution in [1.29, 1.82) is 0 Å². The third kappa shape index (κ3) is 4.04. The highest BCUT2D eigenvalue weighted by molar-refractivity contribution is 4.80. The van der Waals surface area contributed by atoms with Gasteiger partial charge in [0.15, 0.2) is 0 Å². The average molecular weight is 229 g/mol. The molecular weight excluding hydrogens is 202 g/mol. The quantitative estimate of drug-likeness (QED) is 0.783. The number of rotatable bonds is 5. The number of ether oxygens (including phenoxy) is 1. The SMILES string of the molecule is CCCC(O)C(CC)N1CCCOC(C)C1. The van der Waals surface area contributed by atoms with E-state index >= 15 is 0 Å². The van der Waals surface area contributed by atoms with Crippen molar-refractivity contribution < 1.29 is 9.84 Å². The molecule has 3 atom stereocenters. The second kappa shape index (κ2) is 7.25. The highest BCUT2D eigenvalue weighted by Gasteiger charge is 2.26. The van der Waals surface area contributed by atoms with Crippen LogP contribution in [0, 0.1) is 0 Å². The van der Waals surface area contributed by atoms with Gasteiger partial charge in [-0.25, -0.2) is 0 Å². The standard InChI is InChI=1S/C13H27NO2/c1-4-7-13(15)12(5-2)14-8-6-9-16-11(3)10-14/h11-13,15H,4-10H2,1-3H3. The number of aliphatic hydroxyl groups is 1. The Hall–Kier alpha value is -0.120. The summed E-state index contributed by atoms with van der Waals surface area (Å²) >= 11 is 0. The fourth-order valence-corrected chi connectivity index (χ4v) is 2.59. The first-order valence-electron chi connectivity index (χ1n) is 6.72. The largest absolute Gasteiger partial charge is 0.391 e. The molecule has 1 fully saturated rings. The Morgan fingerprint density at radius 2 is 2.19 bits per heavy atom. The zero-order valence-electron chi connectivity index (χ0n) is 11.0. The third-order valence-corrected chi connectivity index (χ3v) is 3.40. The van der Waals surface area contributed by atoms with Gasteiger partial charge in [-0.05, 0) is 26.2 Å². The van der Waals surface area contributed by atoms with Crippen molar-refractivity contribution >= 4 is 0 Å². The molecule has 0 aromatic rings. The molecule has 0 spiro atoms. The lowest BCUT2D eigenvalue weighted by atomic mass is 10.0. The Labute approximate surface area is 99.8 Å². The van der Waals surface area contributed by atoms with Gasteiger partial charge in [0, 0.05) is 25.7 Å².